The Hall–Kier alpha value is -2.14. The average molecular weight is 396 g/mol. The van der Waals surface area contributed by atoms with E-state index in [2.05, 4.69) is 24.2 Å². The maximum absolute atomic E-state index is 13.4. The molecule has 0 saturated carbocycles. The van der Waals surface area contributed by atoms with Gasteiger partial charge in [0.1, 0.15) is 0 Å². The van der Waals surface area contributed by atoms with Gasteiger partial charge in [-0.1, -0.05) is 38.5 Å². The highest BCUT2D eigenvalue weighted by Gasteiger charge is 2.39. The molecule has 1 N–H and O–H groups in total. The van der Waals surface area contributed by atoms with E-state index in [4.69, 9.17) is 0 Å². The van der Waals surface area contributed by atoms with Crippen LogP contribution in [0, 0.1) is 0 Å². The van der Waals surface area contributed by atoms with E-state index in [9.17, 15) is 9.59 Å². The quantitative estimate of drug-likeness (QED) is 0.811. The summed E-state index contributed by atoms with van der Waals surface area (Å²) < 4.78 is 1.87. The third-order valence-electron chi connectivity index (χ3n) is 7.02. The van der Waals surface area contributed by atoms with E-state index in [1.807, 2.05) is 35.8 Å². The number of para-hydroxylation sites is 1. The highest BCUT2D eigenvalue weighted by atomic mass is 16.2. The van der Waals surface area contributed by atoms with Gasteiger partial charge in [-0.3, -0.25) is 9.59 Å². The smallest absolute Gasteiger partial charge is 0.255 e. The Balaban J connectivity index is 1.71. The molecule has 2 aromatic rings. The number of nitrogens with one attached hydrogen (secondary N) is 1. The molecule has 5 nitrogen and oxygen atoms in total. The van der Waals surface area contributed by atoms with E-state index in [1.54, 1.807) is 0 Å². The second-order valence-corrected chi connectivity index (χ2v) is 8.73. The van der Waals surface area contributed by atoms with Crippen molar-refractivity contribution < 1.29 is 4.79 Å². The fraction of sp³-hybridized carbons (Fsp3) is 0.583. The Bertz CT molecular complexity index is 950. The molecule has 4 rings (SSSR count). The van der Waals surface area contributed by atoms with Crippen LogP contribution < -0.4 is 10.9 Å². The Morgan fingerprint density at radius 1 is 1.14 bits per heavy atom. The highest BCUT2D eigenvalue weighted by Crippen LogP contribution is 2.34. The number of carbonyl (C=O) groups excluding carboxylic acids is 1. The number of fused-ring (bicyclic) bond motifs is 3. The van der Waals surface area contributed by atoms with Crippen molar-refractivity contribution in [1.82, 2.24) is 14.8 Å². The number of unbranched alkanes of at least 4 members (excludes halogenated alkanes) is 1. The lowest BCUT2D eigenvalue weighted by molar-refractivity contribution is 0.0883. The molecule has 2 aliphatic heterocycles. The van der Waals surface area contributed by atoms with Crippen LogP contribution in [0.25, 0.3) is 10.9 Å². The van der Waals surface area contributed by atoms with Crippen LogP contribution in [-0.2, 0) is 13.0 Å². The van der Waals surface area contributed by atoms with Crippen molar-refractivity contribution in [3.8, 4) is 0 Å². The van der Waals surface area contributed by atoms with Crippen molar-refractivity contribution in [2.45, 2.75) is 83.5 Å². The van der Waals surface area contributed by atoms with Gasteiger partial charge in [-0.2, -0.15) is 0 Å². The first kappa shape index (κ1) is 20.1. The van der Waals surface area contributed by atoms with Crippen molar-refractivity contribution in [1.29, 1.82) is 0 Å². The SMILES string of the molecule is CCCCn1c(=O)c(CC)c(C(=O)NC2CC3CCC(C2)N3C)c2ccccc21. The zero-order chi connectivity index (χ0) is 20.5. The molecule has 2 aliphatic rings. The molecule has 0 aliphatic carbocycles. The van der Waals surface area contributed by atoms with Gasteiger partial charge < -0.3 is 14.8 Å². The summed E-state index contributed by atoms with van der Waals surface area (Å²) in [6, 6.07) is 9.21. The normalized spacial score (nSPS) is 24.2. The van der Waals surface area contributed by atoms with Crippen LogP contribution in [0.15, 0.2) is 29.1 Å². The van der Waals surface area contributed by atoms with Crippen LogP contribution in [0.5, 0.6) is 0 Å². The Labute approximate surface area is 173 Å². The lowest BCUT2D eigenvalue weighted by Gasteiger charge is -2.36. The van der Waals surface area contributed by atoms with Crippen molar-refractivity contribution in [3.63, 3.8) is 0 Å². The Morgan fingerprint density at radius 3 is 2.48 bits per heavy atom. The predicted octanol–water partition coefficient (Wildman–Crippen LogP) is 3.72. The number of aryl methyl sites for hydroxylation is 1. The minimum absolute atomic E-state index is 0.00625. The summed E-state index contributed by atoms with van der Waals surface area (Å²) >= 11 is 0. The van der Waals surface area contributed by atoms with E-state index in [0.717, 1.165) is 36.6 Å². The number of nitrogens with zero attached hydrogens (tertiary/aromatic N) is 2. The van der Waals surface area contributed by atoms with Gasteiger partial charge in [0.2, 0.25) is 0 Å². The molecule has 2 fully saturated rings. The number of aromatic nitrogens is 1. The summed E-state index contributed by atoms with van der Waals surface area (Å²) in [4.78, 5) is 29.2. The van der Waals surface area contributed by atoms with Crippen molar-refractivity contribution in [2.24, 2.45) is 0 Å². The summed E-state index contributed by atoms with van der Waals surface area (Å²) in [7, 11) is 2.21. The molecule has 1 amide bonds. The summed E-state index contributed by atoms with van der Waals surface area (Å²) in [5.74, 6) is -0.0771. The molecule has 3 heterocycles. The van der Waals surface area contributed by atoms with Gasteiger partial charge in [0.15, 0.2) is 0 Å². The summed E-state index contributed by atoms with van der Waals surface area (Å²) in [5, 5.41) is 4.20. The van der Waals surface area contributed by atoms with Gasteiger partial charge in [-0.15, -0.1) is 0 Å². The predicted molar refractivity (Wildman–Crippen MR) is 118 cm³/mol. The van der Waals surface area contributed by atoms with E-state index in [-0.39, 0.29) is 17.5 Å². The third kappa shape index (κ3) is 3.61. The van der Waals surface area contributed by atoms with E-state index < -0.39 is 0 Å². The second-order valence-electron chi connectivity index (χ2n) is 8.73. The average Bonchev–Trinajstić information content (AvgIpc) is 2.92. The third-order valence-corrected chi connectivity index (χ3v) is 7.02. The number of benzene rings is 1. The molecule has 5 heteroatoms. The number of rotatable bonds is 6. The fourth-order valence-corrected chi connectivity index (χ4v) is 5.37. The van der Waals surface area contributed by atoms with Crippen LogP contribution >= 0.6 is 0 Å². The molecular weight excluding hydrogens is 362 g/mol. The van der Waals surface area contributed by atoms with E-state index in [0.29, 0.717) is 36.2 Å². The number of piperidine rings is 1. The zero-order valence-corrected chi connectivity index (χ0v) is 17.9. The number of carbonyl (C=O) groups is 1. The first-order valence-electron chi connectivity index (χ1n) is 11.2. The van der Waals surface area contributed by atoms with Gasteiger partial charge in [-0.05, 0) is 51.6 Å². The van der Waals surface area contributed by atoms with E-state index in [1.165, 1.54) is 12.8 Å². The number of amides is 1. The van der Waals surface area contributed by atoms with Crippen molar-refractivity contribution in [3.05, 3.63) is 45.7 Å². The maximum atomic E-state index is 13.4. The van der Waals surface area contributed by atoms with Crippen molar-refractivity contribution >= 4 is 16.8 Å². The lowest BCUT2D eigenvalue weighted by Crippen LogP contribution is -2.49. The largest absolute Gasteiger partial charge is 0.349 e. The van der Waals surface area contributed by atoms with Gasteiger partial charge in [0, 0.05) is 35.6 Å². The highest BCUT2D eigenvalue weighted by molar-refractivity contribution is 6.07. The van der Waals surface area contributed by atoms with Gasteiger partial charge >= 0.3 is 0 Å². The van der Waals surface area contributed by atoms with Gasteiger partial charge in [0.25, 0.3) is 11.5 Å². The van der Waals surface area contributed by atoms with Gasteiger partial charge in [0.05, 0.1) is 11.1 Å². The molecular formula is C24H33N3O2. The monoisotopic (exact) mass is 395 g/mol. The number of hydrogen-bond donors (Lipinski definition) is 1. The summed E-state index contributed by atoms with van der Waals surface area (Å²) in [6.07, 6.45) is 7.02. The maximum Gasteiger partial charge on any atom is 0.255 e. The van der Waals surface area contributed by atoms with Crippen LogP contribution in [0.1, 0.15) is 68.3 Å². The minimum atomic E-state index is -0.0771. The summed E-state index contributed by atoms with van der Waals surface area (Å²) in [5.41, 5.74) is 2.10. The molecule has 156 valence electrons. The number of hydrogen-bond acceptors (Lipinski definition) is 3. The van der Waals surface area contributed by atoms with Crippen LogP contribution in [0.2, 0.25) is 0 Å². The Morgan fingerprint density at radius 2 is 1.83 bits per heavy atom. The molecule has 0 radical (unpaired) electrons. The fourth-order valence-electron chi connectivity index (χ4n) is 5.37. The molecule has 2 atom stereocenters. The molecule has 1 aromatic heterocycles. The molecule has 2 bridgehead atoms. The molecule has 0 spiro atoms. The first-order valence-corrected chi connectivity index (χ1v) is 11.2. The van der Waals surface area contributed by atoms with Crippen molar-refractivity contribution in [2.75, 3.05) is 7.05 Å². The van der Waals surface area contributed by atoms with Crippen LogP contribution in [-0.4, -0.2) is 40.5 Å². The molecule has 29 heavy (non-hydrogen) atoms. The topological polar surface area (TPSA) is 54.3 Å². The Kier molecular flexibility index (Phi) is 5.77. The molecule has 1 aromatic carbocycles. The van der Waals surface area contributed by atoms with E-state index >= 15 is 0 Å². The lowest BCUT2D eigenvalue weighted by atomic mass is 9.96. The molecule has 2 saturated heterocycles. The summed E-state index contributed by atoms with van der Waals surface area (Å²) in [6.45, 7) is 4.80. The van der Waals surface area contributed by atoms with Crippen LogP contribution in [0.3, 0.4) is 0 Å². The molecule has 2 unspecified atom stereocenters. The minimum Gasteiger partial charge on any atom is -0.349 e. The number of pyridine rings is 1. The second kappa shape index (κ2) is 8.31. The van der Waals surface area contributed by atoms with Crippen LogP contribution in [0.4, 0.5) is 0 Å². The van der Waals surface area contributed by atoms with Gasteiger partial charge in [-0.25, -0.2) is 0 Å². The standard InChI is InChI=1S/C24H33N3O2/c1-4-6-13-27-21-10-8-7-9-20(21)22(19(5-2)24(27)29)23(28)25-16-14-17-11-12-18(15-16)26(17)3/h7-10,16-18H,4-6,11-15H2,1-3H3,(H,25,28). The first-order chi connectivity index (χ1) is 14.0. The zero-order valence-electron chi connectivity index (χ0n) is 17.9.